The van der Waals surface area contributed by atoms with Crippen molar-refractivity contribution in [2.45, 2.75) is 57.2 Å². The van der Waals surface area contributed by atoms with Crippen molar-refractivity contribution in [1.82, 2.24) is 0 Å². The molecule has 3 aliphatic heterocycles. The Labute approximate surface area is 206 Å². The van der Waals surface area contributed by atoms with Crippen LogP contribution in [0.5, 0.6) is 0 Å². The largest absolute Gasteiger partial charge is 0.467 e. The topological polar surface area (TPSA) is 155 Å². The average Bonchev–Trinajstić information content (AvgIpc) is 3.33. The standard InChI is InChI=1S/C25H28O11/c1-9-11-5-15(27)35-13(11)7-23(3)12(9)6-14-24-8-33-25(22(31)32-4,20(29)16(28)18(23)24)19(24)17(21(30)36-14)34-10(2)26/h5,7,9,12,14,16-20,28-29H,6,8H2,1-4H3/t9-,12+,14+,16+,17-,18+,19+,20+,23+,24+,25-/m0/s1. The van der Waals surface area contributed by atoms with Crippen molar-refractivity contribution in [2.24, 2.45) is 34.5 Å². The van der Waals surface area contributed by atoms with Gasteiger partial charge in [-0.2, -0.15) is 0 Å². The van der Waals surface area contributed by atoms with E-state index in [1.807, 2.05) is 13.8 Å². The Bertz CT molecular complexity index is 1160. The maximum Gasteiger partial charge on any atom is 0.348 e. The van der Waals surface area contributed by atoms with Crippen LogP contribution >= 0.6 is 0 Å². The first-order valence-electron chi connectivity index (χ1n) is 12.1. The Hall–Kier alpha value is -2.76. The first-order chi connectivity index (χ1) is 16.9. The molecule has 0 amide bonds. The van der Waals surface area contributed by atoms with Crippen LogP contribution in [0.3, 0.4) is 0 Å². The molecule has 0 radical (unpaired) electrons. The molecular formula is C25H28O11. The number of methoxy groups -OCH3 is 1. The molecular weight excluding hydrogens is 476 g/mol. The maximum absolute atomic E-state index is 13.2. The summed E-state index contributed by atoms with van der Waals surface area (Å²) >= 11 is 0. The zero-order valence-corrected chi connectivity index (χ0v) is 20.3. The third-order valence-corrected chi connectivity index (χ3v) is 9.72. The SMILES string of the molecule is COC(=O)[C@@]12OC[C@]34[C@H]([C@@H](O)[C@H]1O)[C@]1(C)C=C5OC(=O)C=C5[C@H](C)[C@H]1C[C@H]3OC(=O)[C@@H](OC(C)=O)[C@@H]24. The van der Waals surface area contributed by atoms with E-state index in [2.05, 4.69) is 0 Å². The van der Waals surface area contributed by atoms with E-state index in [0.29, 0.717) is 12.2 Å². The smallest absolute Gasteiger partial charge is 0.348 e. The molecule has 1 spiro atoms. The molecule has 11 atom stereocenters. The second-order valence-corrected chi connectivity index (χ2v) is 11.1. The van der Waals surface area contributed by atoms with E-state index in [0.717, 1.165) is 19.6 Å². The van der Waals surface area contributed by atoms with Gasteiger partial charge in [0.25, 0.3) is 0 Å². The number of hydrogen-bond acceptors (Lipinski definition) is 11. The first-order valence-corrected chi connectivity index (χ1v) is 12.1. The van der Waals surface area contributed by atoms with E-state index in [-0.39, 0.29) is 18.4 Å². The first kappa shape index (κ1) is 23.6. The minimum Gasteiger partial charge on any atom is -0.467 e. The molecule has 2 saturated carbocycles. The third kappa shape index (κ3) is 2.48. The summed E-state index contributed by atoms with van der Waals surface area (Å²) < 4.78 is 27.8. The molecule has 0 aromatic heterocycles. The van der Waals surface area contributed by atoms with Crippen molar-refractivity contribution in [3.8, 4) is 0 Å². The van der Waals surface area contributed by atoms with Crippen molar-refractivity contribution in [3.63, 3.8) is 0 Å². The number of hydrogen-bond donors (Lipinski definition) is 2. The van der Waals surface area contributed by atoms with E-state index in [9.17, 15) is 29.4 Å². The van der Waals surface area contributed by atoms with Crippen molar-refractivity contribution in [3.05, 3.63) is 23.5 Å². The Morgan fingerprint density at radius 3 is 2.58 bits per heavy atom. The van der Waals surface area contributed by atoms with Crippen molar-refractivity contribution >= 4 is 23.9 Å². The third-order valence-electron chi connectivity index (χ3n) is 9.72. The van der Waals surface area contributed by atoms with Crippen molar-refractivity contribution < 1.29 is 53.1 Å². The molecule has 11 nitrogen and oxygen atoms in total. The summed E-state index contributed by atoms with van der Waals surface area (Å²) in [5.74, 6) is -5.08. The summed E-state index contributed by atoms with van der Waals surface area (Å²) in [6.07, 6.45) is -2.08. The second kappa shape index (κ2) is 7.17. The summed E-state index contributed by atoms with van der Waals surface area (Å²) in [5.41, 5.74) is -3.49. The predicted octanol–water partition coefficient (Wildman–Crippen LogP) is -0.217. The summed E-state index contributed by atoms with van der Waals surface area (Å²) in [7, 11) is 1.11. The van der Waals surface area contributed by atoms with Crippen molar-refractivity contribution in [2.75, 3.05) is 13.7 Å². The van der Waals surface area contributed by atoms with Gasteiger partial charge >= 0.3 is 23.9 Å². The summed E-state index contributed by atoms with van der Waals surface area (Å²) in [5, 5.41) is 23.2. The lowest BCUT2D eigenvalue weighted by Gasteiger charge is -2.67. The number of ether oxygens (including phenoxy) is 5. The summed E-state index contributed by atoms with van der Waals surface area (Å²) in [4.78, 5) is 50.6. The Kier molecular flexibility index (Phi) is 4.71. The Morgan fingerprint density at radius 1 is 1.19 bits per heavy atom. The molecule has 194 valence electrons. The monoisotopic (exact) mass is 504 g/mol. The highest BCUT2D eigenvalue weighted by Gasteiger charge is 2.85. The molecule has 2 N–H and O–H groups in total. The molecule has 0 unspecified atom stereocenters. The number of carbonyl (C=O) groups is 4. The molecule has 4 fully saturated rings. The lowest BCUT2D eigenvalue weighted by molar-refractivity contribution is -0.288. The van der Waals surface area contributed by atoms with Crippen LogP contribution in [0.1, 0.15) is 27.2 Å². The normalized spacial score (nSPS) is 49.9. The summed E-state index contributed by atoms with van der Waals surface area (Å²) in [6, 6.07) is 0. The van der Waals surface area contributed by atoms with Gasteiger partial charge in [0, 0.05) is 29.9 Å². The molecule has 11 heteroatoms. The number of fused-ring (bicyclic) bond motifs is 3. The van der Waals surface area contributed by atoms with Gasteiger partial charge in [0.2, 0.25) is 11.7 Å². The van der Waals surface area contributed by atoms with Gasteiger partial charge in [0.1, 0.15) is 18.0 Å². The maximum atomic E-state index is 13.2. The van der Waals surface area contributed by atoms with Gasteiger partial charge in [-0.3, -0.25) is 4.79 Å². The van der Waals surface area contributed by atoms with Crippen LogP contribution in [-0.4, -0.2) is 77.8 Å². The summed E-state index contributed by atoms with van der Waals surface area (Å²) in [6.45, 7) is 4.84. The fraction of sp³-hybridized carbons (Fsp3) is 0.680. The molecule has 3 aliphatic carbocycles. The van der Waals surface area contributed by atoms with E-state index >= 15 is 0 Å². The molecule has 6 rings (SSSR count). The highest BCUT2D eigenvalue weighted by atomic mass is 16.6. The van der Waals surface area contributed by atoms with Crippen molar-refractivity contribution in [1.29, 1.82) is 0 Å². The van der Waals surface area contributed by atoms with Crippen LogP contribution in [0.4, 0.5) is 0 Å². The molecule has 0 aromatic carbocycles. The van der Waals surface area contributed by atoms with E-state index in [1.165, 1.54) is 6.08 Å². The van der Waals surface area contributed by atoms with Gasteiger partial charge < -0.3 is 33.9 Å². The van der Waals surface area contributed by atoms with E-state index < -0.39 is 76.6 Å². The number of aliphatic hydroxyl groups excluding tert-OH is 2. The van der Waals surface area contributed by atoms with Gasteiger partial charge in [-0.15, -0.1) is 0 Å². The zero-order valence-electron chi connectivity index (χ0n) is 20.3. The van der Waals surface area contributed by atoms with E-state index in [1.54, 1.807) is 6.08 Å². The number of aliphatic hydroxyl groups is 2. The van der Waals surface area contributed by atoms with Gasteiger partial charge in [-0.05, 0) is 29.7 Å². The van der Waals surface area contributed by atoms with Crippen LogP contribution in [0.25, 0.3) is 0 Å². The minimum absolute atomic E-state index is 0.149. The molecule has 36 heavy (non-hydrogen) atoms. The fourth-order valence-electron chi connectivity index (χ4n) is 8.58. The number of allylic oxidation sites excluding steroid dienone is 2. The highest BCUT2D eigenvalue weighted by Crippen LogP contribution is 2.73. The molecule has 2 bridgehead atoms. The highest BCUT2D eigenvalue weighted by molar-refractivity contribution is 5.89. The zero-order chi connectivity index (χ0) is 25.9. The lowest BCUT2D eigenvalue weighted by atomic mass is 9.38. The van der Waals surface area contributed by atoms with Crippen LogP contribution in [-0.2, 0) is 42.9 Å². The van der Waals surface area contributed by atoms with Gasteiger partial charge in [-0.25, -0.2) is 14.4 Å². The van der Waals surface area contributed by atoms with E-state index in [4.69, 9.17) is 23.7 Å². The molecule has 0 aromatic rings. The average molecular weight is 504 g/mol. The minimum atomic E-state index is -2.15. The molecule has 2 saturated heterocycles. The Morgan fingerprint density at radius 2 is 1.92 bits per heavy atom. The van der Waals surface area contributed by atoms with Crippen LogP contribution in [0, 0.1) is 34.5 Å². The molecule has 6 aliphatic rings. The van der Waals surface area contributed by atoms with Gasteiger partial charge in [0.15, 0.2) is 0 Å². The van der Waals surface area contributed by atoms with Crippen LogP contribution < -0.4 is 0 Å². The quantitative estimate of drug-likeness (QED) is 0.379. The number of carbonyl (C=O) groups excluding carboxylic acids is 4. The number of esters is 4. The molecule has 3 heterocycles. The number of rotatable bonds is 2. The van der Waals surface area contributed by atoms with Gasteiger partial charge in [-0.1, -0.05) is 13.8 Å². The van der Waals surface area contributed by atoms with Crippen LogP contribution in [0.2, 0.25) is 0 Å². The Balaban J connectivity index is 1.60. The van der Waals surface area contributed by atoms with Crippen LogP contribution in [0.15, 0.2) is 23.5 Å². The van der Waals surface area contributed by atoms with Gasteiger partial charge in [0.05, 0.1) is 25.7 Å². The lowest BCUT2D eigenvalue weighted by Crippen LogP contribution is -2.79. The second-order valence-electron chi connectivity index (χ2n) is 11.1. The fourth-order valence-corrected chi connectivity index (χ4v) is 8.58. The predicted molar refractivity (Wildman–Crippen MR) is 115 cm³/mol.